The molecule has 1 N–H and O–H groups in total. The first kappa shape index (κ1) is 15.2. The fourth-order valence-corrected chi connectivity index (χ4v) is 2.48. The molecule has 1 aromatic rings. The largest absolute Gasteiger partial charge is 0.331 e. The molecule has 1 heterocycles. The second-order valence-corrected chi connectivity index (χ2v) is 5.46. The van der Waals surface area contributed by atoms with Crippen LogP contribution in [0.3, 0.4) is 0 Å². The van der Waals surface area contributed by atoms with Gasteiger partial charge in [-0.3, -0.25) is 19.8 Å². The summed E-state index contributed by atoms with van der Waals surface area (Å²) in [7, 11) is 0. The summed E-state index contributed by atoms with van der Waals surface area (Å²) in [5.41, 5.74) is 0.496. The van der Waals surface area contributed by atoms with Crippen LogP contribution in [0.4, 0.5) is 9.18 Å². The third-order valence-electron chi connectivity index (χ3n) is 3.62. The Balaban J connectivity index is 2.35. The lowest BCUT2D eigenvalue weighted by atomic mass is 9.91. The highest BCUT2D eigenvalue weighted by Crippen LogP contribution is 2.27. The molecule has 0 saturated carbocycles. The SMILES string of the molecule is CC(C)C1C(=O)NC(=O)N(C(C)c2cccc(F)c2)C1=O. The molecule has 1 saturated heterocycles. The number of hydrogen-bond donors (Lipinski definition) is 1. The van der Waals surface area contributed by atoms with Crippen LogP contribution in [0.1, 0.15) is 32.4 Å². The highest BCUT2D eigenvalue weighted by atomic mass is 19.1. The summed E-state index contributed by atoms with van der Waals surface area (Å²) in [6.07, 6.45) is 0. The number of carbonyl (C=O) groups excluding carboxylic acids is 3. The van der Waals surface area contributed by atoms with Crippen molar-refractivity contribution < 1.29 is 18.8 Å². The Labute approximate surface area is 122 Å². The third-order valence-corrected chi connectivity index (χ3v) is 3.62. The Morgan fingerprint density at radius 1 is 1.19 bits per heavy atom. The third kappa shape index (κ3) is 2.79. The number of nitrogens with zero attached hydrogens (tertiary/aromatic N) is 1. The minimum Gasteiger partial charge on any atom is -0.277 e. The normalized spacial score (nSPS) is 20.7. The molecule has 21 heavy (non-hydrogen) atoms. The number of imide groups is 2. The smallest absolute Gasteiger partial charge is 0.277 e. The summed E-state index contributed by atoms with van der Waals surface area (Å²) < 4.78 is 13.3. The minimum absolute atomic E-state index is 0.229. The van der Waals surface area contributed by atoms with Crippen LogP contribution >= 0.6 is 0 Å². The fourth-order valence-electron chi connectivity index (χ4n) is 2.48. The molecule has 0 aromatic heterocycles. The van der Waals surface area contributed by atoms with Gasteiger partial charge in [0.1, 0.15) is 11.7 Å². The van der Waals surface area contributed by atoms with Crippen LogP contribution < -0.4 is 5.32 Å². The maximum Gasteiger partial charge on any atom is 0.331 e. The van der Waals surface area contributed by atoms with Crippen LogP contribution in [-0.2, 0) is 9.59 Å². The van der Waals surface area contributed by atoms with Crippen molar-refractivity contribution in [2.45, 2.75) is 26.8 Å². The molecule has 112 valence electrons. The van der Waals surface area contributed by atoms with E-state index in [1.807, 2.05) is 0 Å². The van der Waals surface area contributed by atoms with Gasteiger partial charge in [-0.1, -0.05) is 26.0 Å². The fraction of sp³-hybridized carbons (Fsp3) is 0.400. The summed E-state index contributed by atoms with van der Waals surface area (Å²) in [4.78, 5) is 37.2. The summed E-state index contributed by atoms with van der Waals surface area (Å²) in [6.45, 7) is 5.10. The van der Waals surface area contributed by atoms with Crippen molar-refractivity contribution >= 4 is 17.8 Å². The average Bonchev–Trinajstić information content (AvgIpc) is 2.37. The summed E-state index contributed by atoms with van der Waals surface area (Å²) >= 11 is 0. The lowest BCUT2D eigenvalue weighted by molar-refractivity contribution is -0.145. The van der Waals surface area contributed by atoms with Crippen LogP contribution in [-0.4, -0.2) is 22.7 Å². The molecule has 1 aliphatic rings. The minimum atomic E-state index is -0.904. The van der Waals surface area contributed by atoms with Gasteiger partial charge in [0, 0.05) is 0 Å². The van der Waals surface area contributed by atoms with E-state index in [9.17, 15) is 18.8 Å². The number of nitrogens with one attached hydrogen (secondary N) is 1. The topological polar surface area (TPSA) is 66.5 Å². The number of amides is 4. The lowest BCUT2D eigenvalue weighted by Crippen LogP contribution is -2.59. The molecule has 1 aliphatic heterocycles. The zero-order chi connectivity index (χ0) is 15.7. The summed E-state index contributed by atoms with van der Waals surface area (Å²) in [6, 6.07) is 4.29. The van der Waals surface area contributed by atoms with Crippen LogP contribution in [0, 0.1) is 17.7 Å². The van der Waals surface area contributed by atoms with Crippen molar-refractivity contribution in [1.29, 1.82) is 0 Å². The van der Waals surface area contributed by atoms with Crippen molar-refractivity contribution in [3.63, 3.8) is 0 Å². The molecule has 6 heteroatoms. The zero-order valence-electron chi connectivity index (χ0n) is 12.1. The van der Waals surface area contributed by atoms with Crippen LogP contribution in [0.25, 0.3) is 0 Å². The van der Waals surface area contributed by atoms with Gasteiger partial charge in [-0.15, -0.1) is 0 Å². The van der Waals surface area contributed by atoms with Gasteiger partial charge in [0.05, 0.1) is 6.04 Å². The number of urea groups is 1. The molecule has 1 fully saturated rings. The number of benzene rings is 1. The van der Waals surface area contributed by atoms with E-state index in [4.69, 9.17) is 0 Å². The highest BCUT2D eigenvalue weighted by molar-refractivity contribution is 6.16. The number of barbiturate groups is 1. The van der Waals surface area contributed by atoms with E-state index in [-0.39, 0.29) is 5.92 Å². The molecule has 2 atom stereocenters. The Hall–Kier alpha value is -2.24. The van der Waals surface area contributed by atoms with Gasteiger partial charge in [0.25, 0.3) is 0 Å². The molecular weight excluding hydrogens is 275 g/mol. The average molecular weight is 292 g/mol. The molecule has 4 amide bonds. The first-order chi connectivity index (χ1) is 9.82. The highest BCUT2D eigenvalue weighted by Gasteiger charge is 2.44. The van der Waals surface area contributed by atoms with Gasteiger partial charge < -0.3 is 0 Å². The van der Waals surface area contributed by atoms with E-state index >= 15 is 0 Å². The molecular formula is C15H17FN2O3. The van der Waals surface area contributed by atoms with Gasteiger partial charge >= 0.3 is 6.03 Å². The van der Waals surface area contributed by atoms with Gasteiger partial charge in [0.15, 0.2) is 0 Å². The van der Waals surface area contributed by atoms with E-state index in [1.54, 1.807) is 26.8 Å². The number of carbonyl (C=O) groups is 3. The summed E-state index contributed by atoms with van der Waals surface area (Å²) in [5, 5.41) is 2.19. The van der Waals surface area contributed by atoms with Crippen molar-refractivity contribution in [2.24, 2.45) is 11.8 Å². The summed E-state index contributed by atoms with van der Waals surface area (Å²) in [5.74, 6) is -2.70. The van der Waals surface area contributed by atoms with Crippen LogP contribution in [0.2, 0.25) is 0 Å². The van der Waals surface area contributed by atoms with Crippen molar-refractivity contribution in [1.82, 2.24) is 10.2 Å². The van der Waals surface area contributed by atoms with Crippen LogP contribution in [0.15, 0.2) is 24.3 Å². The second-order valence-electron chi connectivity index (χ2n) is 5.46. The van der Waals surface area contributed by atoms with Gasteiger partial charge in [-0.25, -0.2) is 9.18 Å². The van der Waals surface area contributed by atoms with Gasteiger partial charge in [0.2, 0.25) is 11.8 Å². The Morgan fingerprint density at radius 2 is 1.86 bits per heavy atom. The standard InChI is InChI=1S/C15H17FN2O3/c1-8(2)12-13(19)17-15(21)18(14(12)20)9(3)10-5-4-6-11(16)7-10/h4-9,12H,1-3H3,(H,17,19,21). The molecule has 1 aromatic carbocycles. The van der Waals surface area contributed by atoms with E-state index in [2.05, 4.69) is 5.32 Å². The second kappa shape index (κ2) is 5.63. The molecule has 2 rings (SSSR count). The number of halogens is 1. The predicted molar refractivity (Wildman–Crippen MR) is 73.5 cm³/mol. The van der Waals surface area contributed by atoms with Crippen molar-refractivity contribution in [3.8, 4) is 0 Å². The van der Waals surface area contributed by atoms with E-state index in [1.165, 1.54) is 18.2 Å². The predicted octanol–water partition coefficient (Wildman–Crippen LogP) is 2.24. The molecule has 0 spiro atoms. The molecule has 0 aliphatic carbocycles. The zero-order valence-corrected chi connectivity index (χ0v) is 12.1. The Morgan fingerprint density at radius 3 is 2.43 bits per heavy atom. The monoisotopic (exact) mass is 292 g/mol. The first-order valence-electron chi connectivity index (χ1n) is 6.76. The van der Waals surface area contributed by atoms with Crippen molar-refractivity contribution in [2.75, 3.05) is 0 Å². The molecule has 0 bridgehead atoms. The number of hydrogen-bond acceptors (Lipinski definition) is 3. The first-order valence-corrected chi connectivity index (χ1v) is 6.76. The maximum absolute atomic E-state index is 13.3. The Bertz CT molecular complexity index is 600. The number of rotatable bonds is 3. The molecule has 0 radical (unpaired) electrons. The van der Waals surface area contributed by atoms with E-state index in [0.29, 0.717) is 5.56 Å². The van der Waals surface area contributed by atoms with E-state index < -0.39 is 35.6 Å². The maximum atomic E-state index is 13.3. The van der Waals surface area contributed by atoms with Crippen molar-refractivity contribution in [3.05, 3.63) is 35.6 Å². The Kier molecular flexibility index (Phi) is 4.06. The van der Waals surface area contributed by atoms with Gasteiger partial charge in [-0.2, -0.15) is 0 Å². The quantitative estimate of drug-likeness (QED) is 0.869. The van der Waals surface area contributed by atoms with Gasteiger partial charge in [-0.05, 0) is 30.5 Å². The van der Waals surface area contributed by atoms with E-state index in [0.717, 1.165) is 4.90 Å². The van der Waals surface area contributed by atoms with Crippen LogP contribution in [0.5, 0.6) is 0 Å². The molecule has 5 nitrogen and oxygen atoms in total. The molecule has 2 unspecified atom stereocenters. The lowest BCUT2D eigenvalue weighted by Gasteiger charge is -2.35.